The van der Waals surface area contributed by atoms with Gasteiger partial charge in [0.15, 0.2) is 0 Å². The van der Waals surface area contributed by atoms with E-state index in [4.69, 9.17) is 9.47 Å². The Bertz CT molecular complexity index is 701. The summed E-state index contributed by atoms with van der Waals surface area (Å²) in [5, 5.41) is 0. The molecule has 2 bridgehead atoms. The molecule has 0 heterocycles. The first kappa shape index (κ1) is 17.7. The van der Waals surface area contributed by atoms with Crippen molar-refractivity contribution in [2.24, 2.45) is 16.7 Å². The van der Waals surface area contributed by atoms with Crippen molar-refractivity contribution < 1.29 is 19.1 Å². The summed E-state index contributed by atoms with van der Waals surface area (Å²) in [4.78, 5) is 23.1. The molecule has 4 heteroatoms. The van der Waals surface area contributed by atoms with Gasteiger partial charge in [0.2, 0.25) is 0 Å². The Morgan fingerprint density at radius 3 is 2.36 bits per heavy atom. The number of hydrogen-bond donors (Lipinski definition) is 0. The Balaban J connectivity index is 1.60. The third kappa shape index (κ3) is 3.22. The maximum atomic E-state index is 12.2. The number of ether oxygens (including phenoxy) is 2. The smallest absolute Gasteiger partial charge is 0.331 e. The van der Waals surface area contributed by atoms with Crippen LogP contribution in [0.3, 0.4) is 0 Å². The quantitative estimate of drug-likeness (QED) is 0.463. The number of benzene rings is 1. The third-order valence-electron chi connectivity index (χ3n) is 6.53. The fraction of sp³-hybridized carbons (Fsp3) is 0.524. The first-order chi connectivity index (χ1) is 11.7. The van der Waals surface area contributed by atoms with Crippen LogP contribution in [-0.2, 0) is 14.3 Å². The SMILES string of the molecule is CC(=O)Oc1ccc(C=CC(=O)O[C@@H]2C[C@@H]3CC[C@@]2(C)C3(C)C)cc1. The van der Waals surface area contributed by atoms with Crippen molar-refractivity contribution in [3.8, 4) is 5.75 Å². The summed E-state index contributed by atoms with van der Waals surface area (Å²) in [5.41, 5.74) is 1.16. The van der Waals surface area contributed by atoms with Crippen molar-refractivity contribution >= 4 is 18.0 Å². The Labute approximate surface area is 149 Å². The zero-order valence-electron chi connectivity index (χ0n) is 15.4. The van der Waals surface area contributed by atoms with Gasteiger partial charge in [-0.15, -0.1) is 0 Å². The number of rotatable bonds is 4. The summed E-state index contributed by atoms with van der Waals surface area (Å²) in [5.74, 6) is 0.491. The summed E-state index contributed by atoms with van der Waals surface area (Å²) in [6, 6.07) is 6.99. The van der Waals surface area contributed by atoms with Crippen molar-refractivity contribution in [3.05, 3.63) is 35.9 Å². The molecule has 4 nitrogen and oxygen atoms in total. The molecule has 1 aromatic rings. The fourth-order valence-corrected chi connectivity index (χ4v) is 4.47. The maximum absolute atomic E-state index is 12.2. The second kappa shape index (κ2) is 6.32. The van der Waals surface area contributed by atoms with Gasteiger partial charge in [0, 0.05) is 18.4 Å². The second-order valence-corrected chi connectivity index (χ2v) is 8.03. The first-order valence-electron chi connectivity index (χ1n) is 8.89. The number of hydrogen-bond acceptors (Lipinski definition) is 4. The Morgan fingerprint density at radius 1 is 1.16 bits per heavy atom. The van der Waals surface area contributed by atoms with Crippen LogP contribution in [0.2, 0.25) is 0 Å². The van der Waals surface area contributed by atoms with Crippen molar-refractivity contribution in [1.29, 1.82) is 0 Å². The van der Waals surface area contributed by atoms with Crippen LogP contribution < -0.4 is 4.74 Å². The van der Waals surface area contributed by atoms with Gasteiger partial charge < -0.3 is 9.47 Å². The van der Waals surface area contributed by atoms with E-state index in [-0.39, 0.29) is 28.9 Å². The van der Waals surface area contributed by atoms with E-state index in [1.807, 2.05) is 0 Å². The summed E-state index contributed by atoms with van der Waals surface area (Å²) >= 11 is 0. The van der Waals surface area contributed by atoms with Crippen LogP contribution in [0.4, 0.5) is 0 Å². The molecule has 2 fully saturated rings. The van der Waals surface area contributed by atoms with E-state index < -0.39 is 0 Å². The topological polar surface area (TPSA) is 52.6 Å². The number of carbonyl (C=O) groups is 2. The molecule has 1 aromatic carbocycles. The second-order valence-electron chi connectivity index (χ2n) is 8.03. The Kier molecular flexibility index (Phi) is 4.48. The molecule has 0 aliphatic heterocycles. The van der Waals surface area contributed by atoms with Gasteiger partial charge >= 0.3 is 11.9 Å². The number of fused-ring (bicyclic) bond motifs is 2. The number of esters is 2. The lowest BCUT2D eigenvalue weighted by atomic mass is 9.70. The molecule has 0 unspecified atom stereocenters. The minimum Gasteiger partial charge on any atom is -0.459 e. The highest BCUT2D eigenvalue weighted by molar-refractivity contribution is 5.87. The largest absolute Gasteiger partial charge is 0.459 e. The van der Waals surface area contributed by atoms with Gasteiger partial charge in [-0.05, 0) is 54.4 Å². The van der Waals surface area contributed by atoms with E-state index >= 15 is 0 Å². The maximum Gasteiger partial charge on any atom is 0.331 e. The van der Waals surface area contributed by atoms with Crippen LogP contribution in [-0.4, -0.2) is 18.0 Å². The molecular weight excluding hydrogens is 316 g/mol. The summed E-state index contributed by atoms with van der Waals surface area (Å²) in [6.07, 6.45) is 6.54. The van der Waals surface area contributed by atoms with Gasteiger partial charge in [-0.1, -0.05) is 32.9 Å². The van der Waals surface area contributed by atoms with Crippen LogP contribution >= 0.6 is 0 Å². The molecule has 2 aliphatic rings. The molecule has 3 rings (SSSR count). The third-order valence-corrected chi connectivity index (χ3v) is 6.53. The van der Waals surface area contributed by atoms with E-state index in [2.05, 4.69) is 20.8 Å². The lowest BCUT2D eigenvalue weighted by molar-refractivity contribution is -0.150. The van der Waals surface area contributed by atoms with Gasteiger partial charge in [-0.25, -0.2) is 4.79 Å². The van der Waals surface area contributed by atoms with Gasteiger partial charge in [-0.3, -0.25) is 4.79 Å². The highest BCUT2D eigenvalue weighted by Gasteiger charge is 2.62. The van der Waals surface area contributed by atoms with Crippen molar-refractivity contribution in [1.82, 2.24) is 0 Å². The van der Waals surface area contributed by atoms with E-state index in [0.29, 0.717) is 11.7 Å². The molecule has 0 aromatic heterocycles. The molecule has 134 valence electrons. The first-order valence-corrected chi connectivity index (χ1v) is 8.89. The molecule has 2 aliphatic carbocycles. The predicted octanol–water partition coefficient (Wildman–Crippen LogP) is 4.38. The molecule has 25 heavy (non-hydrogen) atoms. The fourth-order valence-electron chi connectivity index (χ4n) is 4.47. The van der Waals surface area contributed by atoms with Crippen molar-refractivity contribution in [2.75, 3.05) is 0 Å². The minimum atomic E-state index is -0.353. The van der Waals surface area contributed by atoms with Gasteiger partial charge in [0.25, 0.3) is 0 Å². The summed E-state index contributed by atoms with van der Waals surface area (Å²) in [6.45, 7) is 8.23. The predicted molar refractivity (Wildman–Crippen MR) is 95.9 cm³/mol. The Hall–Kier alpha value is -2.10. The van der Waals surface area contributed by atoms with Crippen LogP contribution in [0, 0.1) is 16.7 Å². The van der Waals surface area contributed by atoms with Crippen molar-refractivity contribution in [2.45, 2.75) is 53.1 Å². The molecule has 0 N–H and O–H groups in total. The van der Waals surface area contributed by atoms with E-state index in [0.717, 1.165) is 18.4 Å². The molecule has 3 atom stereocenters. The van der Waals surface area contributed by atoms with Crippen molar-refractivity contribution in [3.63, 3.8) is 0 Å². The monoisotopic (exact) mass is 342 g/mol. The van der Waals surface area contributed by atoms with Gasteiger partial charge in [0.05, 0.1) is 0 Å². The standard InChI is InChI=1S/C21H26O4/c1-14(22)24-17-8-5-15(6-9-17)7-10-19(23)25-18-13-16-11-12-21(18,4)20(16,2)3/h5-10,16,18H,11-13H2,1-4H3/t16-,18+,21+/m0/s1. The average molecular weight is 342 g/mol. The van der Waals surface area contributed by atoms with Crippen LogP contribution in [0.1, 0.15) is 52.5 Å². The van der Waals surface area contributed by atoms with Crippen LogP contribution in [0.25, 0.3) is 6.08 Å². The highest BCUT2D eigenvalue weighted by Crippen LogP contribution is 2.66. The zero-order chi connectivity index (χ0) is 18.2. The van der Waals surface area contributed by atoms with E-state index in [1.54, 1.807) is 30.3 Å². The van der Waals surface area contributed by atoms with Crippen LogP contribution in [0.5, 0.6) is 5.75 Å². The summed E-state index contributed by atoms with van der Waals surface area (Å²) in [7, 11) is 0. The molecule has 0 spiro atoms. The van der Waals surface area contributed by atoms with Crippen LogP contribution in [0.15, 0.2) is 30.3 Å². The van der Waals surface area contributed by atoms with Gasteiger partial charge in [0.1, 0.15) is 11.9 Å². The molecule has 0 saturated heterocycles. The molecule has 0 amide bonds. The number of carbonyl (C=O) groups excluding carboxylic acids is 2. The molecule has 2 saturated carbocycles. The molecular formula is C21H26O4. The van der Waals surface area contributed by atoms with E-state index in [1.165, 1.54) is 19.4 Å². The summed E-state index contributed by atoms with van der Waals surface area (Å²) < 4.78 is 10.8. The minimum absolute atomic E-state index is 0.00439. The lowest BCUT2D eigenvalue weighted by Gasteiger charge is -2.38. The average Bonchev–Trinajstić information content (AvgIpc) is 2.87. The zero-order valence-corrected chi connectivity index (χ0v) is 15.4. The molecule has 0 radical (unpaired) electrons. The van der Waals surface area contributed by atoms with E-state index in [9.17, 15) is 9.59 Å². The lowest BCUT2D eigenvalue weighted by Crippen LogP contribution is -2.38. The Morgan fingerprint density at radius 2 is 1.84 bits per heavy atom. The highest BCUT2D eigenvalue weighted by atomic mass is 16.5. The van der Waals surface area contributed by atoms with Gasteiger partial charge in [-0.2, -0.15) is 0 Å². The normalized spacial score (nSPS) is 29.8.